The summed E-state index contributed by atoms with van der Waals surface area (Å²) in [5.41, 5.74) is 2.74. The van der Waals surface area contributed by atoms with Crippen molar-refractivity contribution in [3.05, 3.63) is 23.8 Å². The van der Waals surface area contributed by atoms with Crippen molar-refractivity contribution in [1.82, 2.24) is 5.32 Å². The van der Waals surface area contributed by atoms with Crippen molar-refractivity contribution in [2.75, 3.05) is 29.4 Å². The predicted octanol–water partition coefficient (Wildman–Crippen LogP) is 1.45. The van der Waals surface area contributed by atoms with E-state index in [4.69, 9.17) is 4.74 Å². The molecule has 2 heterocycles. The van der Waals surface area contributed by atoms with Crippen LogP contribution in [0.3, 0.4) is 0 Å². The number of fused-ring (bicyclic) bond motifs is 1. The molecule has 1 aromatic carbocycles. The molecule has 2 aliphatic heterocycles. The van der Waals surface area contributed by atoms with E-state index >= 15 is 0 Å². The molecule has 128 valence electrons. The summed E-state index contributed by atoms with van der Waals surface area (Å²) in [6.07, 6.45) is 0.395. The zero-order valence-electron chi connectivity index (χ0n) is 13.9. The molecule has 1 atom stereocenters. The van der Waals surface area contributed by atoms with E-state index in [9.17, 15) is 14.4 Å². The summed E-state index contributed by atoms with van der Waals surface area (Å²) >= 11 is 0. The van der Waals surface area contributed by atoms with Crippen LogP contribution in [0.2, 0.25) is 0 Å². The topological polar surface area (TPSA) is 79.0 Å². The van der Waals surface area contributed by atoms with Crippen molar-refractivity contribution in [1.29, 1.82) is 0 Å². The molecule has 24 heavy (non-hydrogen) atoms. The molecule has 2 aliphatic rings. The van der Waals surface area contributed by atoms with Gasteiger partial charge in [-0.3, -0.25) is 14.5 Å². The van der Waals surface area contributed by atoms with Gasteiger partial charge in [0, 0.05) is 31.3 Å². The fourth-order valence-corrected chi connectivity index (χ4v) is 3.16. The number of hydrogen-bond acceptors (Lipinski definition) is 4. The first kappa shape index (κ1) is 16.3. The van der Waals surface area contributed by atoms with Crippen LogP contribution in [-0.4, -0.2) is 43.6 Å². The van der Waals surface area contributed by atoms with Crippen molar-refractivity contribution >= 4 is 29.3 Å². The lowest BCUT2D eigenvalue weighted by molar-refractivity contribution is -0.119. The molecule has 0 saturated carbocycles. The van der Waals surface area contributed by atoms with Gasteiger partial charge in [0.2, 0.25) is 11.8 Å². The van der Waals surface area contributed by atoms with Gasteiger partial charge in [0.1, 0.15) is 6.10 Å². The van der Waals surface area contributed by atoms with E-state index in [2.05, 4.69) is 5.32 Å². The Hall–Kier alpha value is -2.57. The van der Waals surface area contributed by atoms with Crippen LogP contribution in [0.5, 0.6) is 0 Å². The molecular weight excluding hydrogens is 310 g/mol. The standard InChI is InChI=1S/C17H21N3O4/c1-3-19-15-6-5-13(8-12(15)4-7-16(19)22)20-10-14(24-17(20)23)9-18-11(2)21/h5-6,8,14H,3-4,7,9-10H2,1-2H3,(H,18,21)/t14-/m0/s1. The lowest BCUT2D eigenvalue weighted by Gasteiger charge is -2.29. The lowest BCUT2D eigenvalue weighted by atomic mass is 10.00. The van der Waals surface area contributed by atoms with E-state index in [0.29, 0.717) is 32.5 Å². The van der Waals surface area contributed by atoms with E-state index in [1.807, 2.05) is 25.1 Å². The fourth-order valence-electron chi connectivity index (χ4n) is 3.16. The van der Waals surface area contributed by atoms with Crippen LogP contribution in [0, 0.1) is 0 Å². The number of nitrogens with zero attached hydrogens (tertiary/aromatic N) is 2. The first-order valence-corrected chi connectivity index (χ1v) is 8.15. The maximum atomic E-state index is 12.1. The zero-order chi connectivity index (χ0) is 17.3. The molecule has 1 N–H and O–H groups in total. The Morgan fingerprint density at radius 2 is 2.12 bits per heavy atom. The Morgan fingerprint density at radius 1 is 1.33 bits per heavy atom. The van der Waals surface area contributed by atoms with Crippen molar-refractivity contribution in [2.24, 2.45) is 0 Å². The van der Waals surface area contributed by atoms with Crippen molar-refractivity contribution < 1.29 is 19.1 Å². The molecule has 0 unspecified atom stereocenters. The van der Waals surface area contributed by atoms with Gasteiger partial charge in [0.25, 0.3) is 0 Å². The maximum Gasteiger partial charge on any atom is 0.414 e. The van der Waals surface area contributed by atoms with Crippen molar-refractivity contribution in [2.45, 2.75) is 32.8 Å². The van der Waals surface area contributed by atoms with E-state index in [1.165, 1.54) is 6.92 Å². The van der Waals surface area contributed by atoms with Crippen LogP contribution in [0.1, 0.15) is 25.8 Å². The van der Waals surface area contributed by atoms with Gasteiger partial charge in [-0.25, -0.2) is 4.79 Å². The summed E-state index contributed by atoms with van der Waals surface area (Å²) in [6, 6.07) is 5.67. The first-order chi connectivity index (χ1) is 11.5. The van der Waals surface area contributed by atoms with E-state index in [0.717, 1.165) is 16.9 Å². The third kappa shape index (κ3) is 3.06. The van der Waals surface area contributed by atoms with Gasteiger partial charge in [-0.05, 0) is 37.1 Å². The second kappa shape index (κ2) is 6.51. The van der Waals surface area contributed by atoms with Gasteiger partial charge in [0.15, 0.2) is 0 Å². The van der Waals surface area contributed by atoms with E-state index < -0.39 is 6.09 Å². The molecule has 0 bridgehead atoms. The molecule has 3 rings (SSSR count). The number of nitrogens with one attached hydrogen (secondary N) is 1. The summed E-state index contributed by atoms with van der Waals surface area (Å²) in [6.45, 7) is 4.72. The van der Waals surface area contributed by atoms with Gasteiger partial charge in [-0.1, -0.05) is 0 Å². The Labute approximate surface area is 140 Å². The van der Waals surface area contributed by atoms with Crippen LogP contribution < -0.4 is 15.1 Å². The Balaban J connectivity index is 1.77. The molecule has 3 amide bonds. The first-order valence-electron chi connectivity index (χ1n) is 8.15. The molecule has 0 aliphatic carbocycles. The Kier molecular flexibility index (Phi) is 4.42. The molecule has 1 saturated heterocycles. The minimum absolute atomic E-state index is 0.133. The third-order valence-corrected chi connectivity index (χ3v) is 4.34. The fraction of sp³-hybridized carbons (Fsp3) is 0.471. The highest BCUT2D eigenvalue weighted by molar-refractivity contribution is 5.97. The normalized spacial score (nSPS) is 20.0. The molecule has 0 aromatic heterocycles. The van der Waals surface area contributed by atoms with Gasteiger partial charge >= 0.3 is 6.09 Å². The number of cyclic esters (lactones) is 1. The van der Waals surface area contributed by atoms with Crippen molar-refractivity contribution in [3.8, 4) is 0 Å². The maximum absolute atomic E-state index is 12.1. The summed E-state index contributed by atoms with van der Waals surface area (Å²) in [5.74, 6) is -0.0173. The average molecular weight is 331 g/mol. The summed E-state index contributed by atoms with van der Waals surface area (Å²) in [4.78, 5) is 38.4. The molecule has 0 spiro atoms. The summed E-state index contributed by atoms with van der Waals surface area (Å²) in [7, 11) is 0. The van der Waals surface area contributed by atoms with Crippen LogP contribution >= 0.6 is 0 Å². The zero-order valence-corrected chi connectivity index (χ0v) is 13.9. The molecule has 7 nitrogen and oxygen atoms in total. The highest BCUT2D eigenvalue weighted by Crippen LogP contribution is 2.32. The SMILES string of the molecule is CCN1C(=O)CCc2cc(N3C[C@H](CNC(C)=O)OC3=O)ccc21. The number of amides is 3. The molecule has 1 fully saturated rings. The number of carbonyl (C=O) groups excluding carboxylic acids is 3. The minimum Gasteiger partial charge on any atom is -0.442 e. The number of ether oxygens (including phenoxy) is 1. The largest absolute Gasteiger partial charge is 0.442 e. The second-order valence-corrected chi connectivity index (χ2v) is 6.00. The smallest absolute Gasteiger partial charge is 0.414 e. The Morgan fingerprint density at radius 3 is 2.83 bits per heavy atom. The van der Waals surface area contributed by atoms with Gasteiger partial charge in [0.05, 0.1) is 13.1 Å². The number of aryl methyl sites for hydroxylation is 1. The third-order valence-electron chi connectivity index (χ3n) is 4.34. The number of hydrogen-bond donors (Lipinski definition) is 1. The van der Waals surface area contributed by atoms with Gasteiger partial charge in [-0.2, -0.15) is 0 Å². The second-order valence-electron chi connectivity index (χ2n) is 6.00. The molecule has 7 heteroatoms. The molecular formula is C17H21N3O4. The highest BCUT2D eigenvalue weighted by Gasteiger charge is 2.33. The lowest BCUT2D eigenvalue weighted by Crippen LogP contribution is -2.35. The minimum atomic E-state index is -0.412. The van der Waals surface area contributed by atoms with E-state index in [1.54, 1.807) is 9.80 Å². The molecule has 1 aromatic rings. The summed E-state index contributed by atoms with van der Waals surface area (Å²) in [5, 5.41) is 2.66. The highest BCUT2D eigenvalue weighted by atomic mass is 16.6. The van der Waals surface area contributed by atoms with Crippen LogP contribution in [-0.2, 0) is 20.7 Å². The average Bonchev–Trinajstić information content (AvgIpc) is 2.93. The number of carbonyl (C=O) groups is 3. The quantitative estimate of drug-likeness (QED) is 0.906. The predicted molar refractivity (Wildman–Crippen MR) is 89.1 cm³/mol. The number of benzene rings is 1. The number of anilines is 2. The monoisotopic (exact) mass is 331 g/mol. The molecule has 0 radical (unpaired) electrons. The van der Waals surface area contributed by atoms with Crippen LogP contribution in [0.4, 0.5) is 16.2 Å². The van der Waals surface area contributed by atoms with Gasteiger partial charge < -0.3 is 15.0 Å². The van der Waals surface area contributed by atoms with Gasteiger partial charge in [-0.15, -0.1) is 0 Å². The van der Waals surface area contributed by atoms with Crippen molar-refractivity contribution in [3.63, 3.8) is 0 Å². The summed E-state index contributed by atoms with van der Waals surface area (Å²) < 4.78 is 5.29. The Bertz CT molecular complexity index is 688. The number of rotatable bonds is 4. The van der Waals surface area contributed by atoms with Crippen LogP contribution in [0.15, 0.2) is 18.2 Å². The van der Waals surface area contributed by atoms with E-state index in [-0.39, 0.29) is 17.9 Å². The van der Waals surface area contributed by atoms with Crippen LogP contribution in [0.25, 0.3) is 0 Å².